The average molecular weight is 369 g/mol. The summed E-state index contributed by atoms with van der Waals surface area (Å²) in [6.07, 6.45) is 3.89. The molecule has 0 bridgehead atoms. The summed E-state index contributed by atoms with van der Waals surface area (Å²) in [6.45, 7) is 0. The lowest BCUT2D eigenvalue weighted by Gasteiger charge is -2.06. The van der Waals surface area contributed by atoms with E-state index in [0.29, 0.717) is 20.9 Å². The summed E-state index contributed by atoms with van der Waals surface area (Å²) < 4.78 is 7.76. The van der Waals surface area contributed by atoms with Crippen molar-refractivity contribution in [2.45, 2.75) is 18.8 Å². The Morgan fingerprint density at radius 3 is 3.00 bits per heavy atom. The van der Waals surface area contributed by atoms with E-state index in [1.165, 1.54) is 7.11 Å². The maximum atomic E-state index is 9.79. The first kappa shape index (κ1) is 14.3. The molecule has 0 spiro atoms. The maximum Gasteiger partial charge on any atom is 0.216 e. The molecule has 0 atom stereocenters. The number of halogens is 1. The van der Waals surface area contributed by atoms with Gasteiger partial charge in [0.2, 0.25) is 4.77 Å². The van der Waals surface area contributed by atoms with Gasteiger partial charge in [0.1, 0.15) is 0 Å². The second-order valence-corrected chi connectivity index (χ2v) is 6.01. The number of phenolic OH excluding ortho intramolecular Hbond substituents is 1. The fraction of sp³-hybridized carbons (Fsp3) is 0.308. The Morgan fingerprint density at radius 2 is 2.33 bits per heavy atom. The number of rotatable bonds is 4. The van der Waals surface area contributed by atoms with Crippen molar-refractivity contribution < 1.29 is 9.84 Å². The number of aromatic nitrogens is 3. The number of aromatic amines is 1. The Kier molecular flexibility index (Phi) is 3.81. The smallest absolute Gasteiger partial charge is 0.216 e. The average Bonchev–Trinajstić information content (AvgIpc) is 3.24. The lowest BCUT2D eigenvalue weighted by molar-refractivity contribution is 0.372. The summed E-state index contributed by atoms with van der Waals surface area (Å²) in [6, 6.07) is 3.45. The van der Waals surface area contributed by atoms with Crippen LogP contribution < -0.4 is 4.74 Å². The number of phenols is 1. The normalized spacial score (nSPS) is 14.8. The Hall–Kier alpha value is -1.67. The molecule has 0 amide bonds. The summed E-state index contributed by atoms with van der Waals surface area (Å²) in [5.41, 5.74) is 0.779. The van der Waals surface area contributed by atoms with Crippen molar-refractivity contribution in [2.24, 2.45) is 5.10 Å². The molecule has 110 valence electrons. The monoisotopic (exact) mass is 368 g/mol. The van der Waals surface area contributed by atoms with Crippen molar-refractivity contribution in [3.05, 3.63) is 32.8 Å². The molecule has 0 saturated heterocycles. The van der Waals surface area contributed by atoms with E-state index in [1.54, 1.807) is 23.0 Å². The molecule has 3 rings (SSSR count). The molecular formula is C13H13BrN4O2S. The lowest BCUT2D eigenvalue weighted by Crippen LogP contribution is -1.97. The van der Waals surface area contributed by atoms with Crippen LogP contribution in [0.5, 0.6) is 11.5 Å². The molecule has 1 aliphatic rings. The van der Waals surface area contributed by atoms with Gasteiger partial charge in [-0.3, -0.25) is 5.10 Å². The molecule has 6 nitrogen and oxygen atoms in total. The largest absolute Gasteiger partial charge is 0.503 e. The summed E-state index contributed by atoms with van der Waals surface area (Å²) in [7, 11) is 1.50. The highest BCUT2D eigenvalue weighted by molar-refractivity contribution is 9.10. The van der Waals surface area contributed by atoms with Gasteiger partial charge in [-0.2, -0.15) is 14.9 Å². The van der Waals surface area contributed by atoms with Crippen LogP contribution in [0.1, 0.15) is 30.1 Å². The molecule has 0 radical (unpaired) electrons. The first-order valence-electron chi connectivity index (χ1n) is 6.38. The van der Waals surface area contributed by atoms with Crippen LogP contribution in [0.15, 0.2) is 21.7 Å². The van der Waals surface area contributed by atoms with E-state index >= 15 is 0 Å². The first-order chi connectivity index (χ1) is 10.1. The van der Waals surface area contributed by atoms with Gasteiger partial charge in [-0.1, -0.05) is 0 Å². The molecular weight excluding hydrogens is 356 g/mol. The van der Waals surface area contributed by atoms with E-state index < -0.39 is 0 Å². The van der Waals surface area contributed by atoms with Gasteiger partial charge in [-0.15, -0.1) is 0 Å². The molecule has 1 fully saturated rings. The van der Waals surface area contributed by atoms with Crippen LogP contribution in [0, 0.1) is 4.77 Å². The van der Waals surface area contributed by atoms with Crippen LogP contribution in [0.4, 0.5) is 0 Å². The minimum atomic E-state index is 0.0632. The standard InChI is InChI=1S/C13H13BrN4O2S/c1-20-10-5-7(4-9(14)11(10)19)6-15-18-12(8-2-3-8)16-17-13(18)21/h4-6,8,19H,2-3H2,1H3,(H,17,21)/b15-6+. The van der Waals surface area contributed by atoms with Gasteiger partial charge < -0.3 is 9.84 Å². The van der Waals surface area contributed by atoms with Crippen LogP contribution >= 0.6 is 28.1 Å². The third kappa shape index (κ3) is 2.86. The predicted octanol–water partition coefficient (Wildman–Crippen LogP) is 3.18. The summed E-state index contributed by atoms with van der Waals surface area (Å²) in [5, 5.41) is 21.1. The molecule has 1 aromatic carbocycles. The quantitative estimate of drug-likeness (QED) is 0.641. The van der Waals surface area contributed by atoms with Crippen LogP contribution in [-0.2, 0) is 0 Å². The van der Waals surface area contributed by atoms with Crippen LogP contribution in [-0.4, -0.2) is 33.3 Å². The van der Waals surface area contributed by atoms with Crippen molar-refractivity contribution in [1.82, 2.24) is 14.9 Å². The third-order valence-electron chi connectivity index (χ3n) is 3.21. The highest BCUT2D eigenvalue weighted by atomic mass is 79.9. The van der Waals surface area contributed by atoms with Gasteiger partial charge in [0.05, 0.1) is 17.8 Å². The highest BCUT2D eigenvalue weighted by Gasteiger charge is 2.29. The topological polar surface area (TPSA) is 75.4 Å². The second kappa shape index (κ2) is 5.61. The van der Waals surface area contributed by atoms with Crippen molar-refractivity contribution in [2.75, 3.05) is 7.11 Å². The number of nitrogens with zero attached hydrogens (tertiary/aromatic N) is 3. The van der Waals surface area contributed by atoms with Crippen LogP contribution in [0.3, 0.4) is 0 Å². The van der Waals surface area contributed by atoms with Crippen molar-refractivity contribution in [3.63, 3.8) is 0 Å². The molecule has 8 heteroatoms. The Labute approximate surface area is 134 Å². The zero-order valence-corrected chi connectivity index (χ0v) is 13.6. The maximum absolute atomic E-state index is 9.79. The molecule has 2 aromatic rings. The SMILES string of the molecule is COc1cc(/C=N/n2c(C3CC3)n[nH]c2=S)cc(Br)c1O. The van der Waals surface area contributed by atoms with E-state index in [-0.39, 0.29) is 5.75 Å². The molecule has 2 N–H and O–H groups in total. The number of nitrogens with one attached hydrogen (secondary N) is 1. The predicted molar refractivity (Wildman–Crippen MR) is 84.7 cm³/mol. The van der Waals surface area contributed by atoms with Gasteiger partial charge in [0.25, 0.3) is 0 Å². The number of ether oxygens (including phenoxy) is 1. The van der Waals surface area contributed by atoms with Gasteiger partial charge >= 0.3 is 0 Å². The molecule has 21 heavy (non-hydrogen) atoms. The molecule has 0 aliphatic heterocycles. The zero-order valence-electron chi connectivity index (χ0n) is 11.2. The zero-order chi connectivity index (χ0) is 15.0. The first-order valence-corrected chi connectivity index (χ1v) is 7.58. The summed E-state index contributed by atoms with van der Waals surface area (Å²) in [4.78, 5) is 0. The fourth-order valence-corrected chi connectivity index (χ4v) is 2.62. The molecule has 0 unspecified atom stereocenters. The molecule has 1 saturated carbocycles. The highest BCUT2D eigenvalue weighted by Crippen LogP contribution is 2.39. The van der Waals surface area contributed by atoms with Crippen LogP contribution in [0.2, 0.25) is 0 Å². The van der Waals surface area contributed by atoms with Crippen molar-refractivity contribution in [3.8, 4) is 11.5 Å². The van der Waals surface area contributed by atoms with E-state index in [4.69, 9.17) is 17.0 Å². The van der Waals surface area contributed by atoms with E-state index in [0.717, 1.165) is 24.2 Å². The molecule has 1 heterocycles. The van der Waals surface area contributed by atoms with E-state index in [2.05, 4.69) is 31.2 Å². The number of benzene rings is 1. The summed E-state index contributed by atoms with van der Waals surface area (Å²) >= 11 is 8.47. The minimum Gasteiger partial charge on any atom is -0.503 e. The Balaban J connectivity index is 1.95. The number of H-pyrrole nitrogens is 1. The number of hydrogen-bond donors (Lipinski definition) is 2. The number of aromatic hydroxyl groups is 1. The minimum absolute atomic E-state index is 0.0632. The molecule has 1 aliphatic carbocycles. The van der Waals surface area contributed by atoms with Gasteiger partial charge in [0, 0.05) is 5.92 Å². The Bertz CT molecular complexity index is 764. The second-order valence-electron chi connectivity index (χ2n) is 4.77. The number of hydrogen-bond acceptors (Lipinski definition) is 5. The molecule has 1 aromatic heterocycles. The fourth-order valence-electron chi connectivity index (χ4n) is 1.97. The van der Waals surface area contributed by atoms with E-state index in [1.807, 2.05) is 0 Å². The van der Waals surface area contributed by atoms with Gasteiger partial charge in [-0.25, -0.2) is 0 Å². The third-order valence-corrected chi connectivity index (χ3v) is 4.08. The number of methoxy groups -OCH3 is 1. The summed E-state index contributed by atoms with van der Waals surface area (Å²) in [5.74, 6) is 1.74. The van der Waals surface area contributed by atoms with Crippen molar-refractivity contribution in [1.29, 1.82) is 0 Å². The van der Waals surface area contributed by atoms with Crippen molar-refractivity contribution >= 4 is 34.4 Å². The lowest BCUT2D eigenvalue weighted by atomic mass is 10.2. The van der Waals surface area contributed by atoms with E-state index in [9.17, 15) is 5.11 Å². The van der Waals surface area contributed by atoms with Gasteiger partial charge in [-0.05, 0) is 58.7 Å². The van der Waals surface area contributed by atoms with Gasteiger partial charge in [0.15, 0.2) is 17.3 Å². The Morgan fingerprint density at radius 1 is 1.57 bits per heavy atom. The van der Waals surface area contributed by atoms with Crippen LogP contribution in [0.25, 0.3) is 0 Å².